The van der Waals surface area contributed by atoms with E-state index in [1.165, 1.54) is 18.5 Å². The minimum absolute atomic E-state index is 0.764. The summed E-state index contributed by atoms with van der Waals surface area (Å²) in [7, 11) is 1.48. The second kappa shape index (κ2) is 4.13. The van der Waals surface area contributed by atoms with Crippen LogP contribution in [0.1, 0.15) is 0 Å². The number of hydrogen-bond donors (Lipinski definition) is 0. The molecule has 0 aliphatic carbocycles. The molecular formula is C8H11O2PS. The van der Waals surface area contributed by atoms with Crippen molar-refractivity contribution in [3.63, 3.8) is 0 Å². The molecule has 1 atom stereocenters. The Morgan fingerprint density at radius 2 is 1.92 bits per heavy atom. The molecule has 0 aliphatic heterocycles. The first-order chi connectivity index (χ1) is 5.73. The molecule has 1 unspecified atom stereocenters. The molecule has 1 rings (SSSR count). The summed E-state index contributed by atoms with van der Waals surface area (Å²) in [6.07, 6.45) is 1.79. The van der Waals surface area contributed by atoms with Gasteiger partial charge in [0, 0.05) is 12.4 Å². The third-order valence-electron chi connectivity index (χ3n) is 1.55. The van der Waals surface area contributed by atoms with Gasteiger partial charge in [-0.2, -0.15) is 0 Å². The monoisotopic (exact) mass is 202 g/mol. The van der Waals surface area contributed by atoms with Crippen molar-refractivity contribution in [1.82, 2.24) is 0 Å². The summed E-state index contributed by atoms with van der Waals surface area (Å²) in [5.74, 6) is 0. The lowest BCUT2D eigenvalue weighted by Gasteiger charge is -2.12. The molecule has 0 aromatic heterocycles. The highest BCUT2D eigenvalue weighted by molar-refractivity contribution is 8.58. The van der Waals surface area contributed by atoms with E-state index in [2.05, 4.69) is 0 Å². The highest BCUT2D eigenvalue weighted by atomic mass is 32.7. The van der Waals surface area contributed by atoms with E-state index in [-0.39, 0.29) is 0 Å². The first-order valence-corrected chi connectivity index (χ1v) is 6.95. The van der Waals surface area contributed by atoms with Crippen molar-refractivity contribution < 1.29 is 9.09 Å². The molecule has 0 N–H and O–H groups in total. The Hall–Kier alpha value is -0.240. The lowest BCUT2D eigenvalue weighted by atomic mass is 10.4. The molecular weight excluding hydrogens is 191 g/mol. The van der Waals surface area contributed by atoms with Gasteiger partial charge in [-0.05, 0) is 18.4 Å². The van der Waals surface area contributed by atoms with E-state index >= 15 is 0 Å². The fourth-order valence-electron chi connectivity index (χ4n) is 0.896. The van der Waals surface area contributed by atoms with Gasteiger partial charge >= 0.3 is 0 Å². The molecule has 0 amide bonds. The summed E-state index contributed by atoms with van der Waals surface area (Å²) >= 11 is 1.26. The van der Waals surface area contributed by atoms with Crippen LogP contribution in [0.15, 0.2) is 30.3 Å². The van der Waals surface area contributed by atoms with E-state index in [0.717, 1.165) is 5.30 Å². The first-order valence-electron chi connectivity index (χ1n) is 3.50. The topological polar surface area (TPSA) is 26.3 Å². The van der Waals surface area contributed by atoms with E-state index in [1.807, 2.05) is 30.3 Å². The summed E-state index contributed by atoms with van der Waals surface area (Å²) in [4.78, 5) is 0. The zero-order chi connectivity index (χ0) is 9.03. The standard InChI is InChI=1S/C8H11O2PS/c1-10-11(9,12-2)8-6-4-3-5-7-8/h3-7H,1-2H3. The normalized spacial score (nSPS) is 15.5. The molecule has 2 nitrogen and oxygen atoms in total. The van der Waals surface area contributed by atoms with Gasteiger partial charge in [0.25, 0.3) is 6.57 Å². The number of benzene rings is 1. The average molecular weight is 202 g/mol. The van der Waals surface area contributed by atoms with Gasteiger partial charge in [-0.15, -0.1) is 0 Å². The quantitative estimate of drug-likeness (QED) is 0.704. The van der Waals surface area contributed by atoms with Crippen LogP contribution in [-0.2, 0) is 9.09 Å². The van der Waals surface area contributed by atoms with Crippen LogP contribution in [0.5, 0.6) is 0 Å². The third-order valence-corrected chi connectivity index (χ3v) is 5.97. The van der Waals surface area contributed by atoms with Crippen molar-refractivity contribution >= 4 is 23.3 Å². The minimum Gasteiger partial charge on any atom is -0.321 e. The maximum absolute atomic E-state index is 11.9. The van der Waals surface area contributed by atoms with Crippen LogP contribution in [0.25, 0.3) is 0 Å². The molecule has 0 heterocycles. The molecule has 12 heavy (non-hydrogen) atoms. The molecule has 0 saturated heterocycles. The third kappa shape index (κ3) is 1.92. The number of hydrogen-bond acceptors (Lipinski definition) is 3. The zero-order valence-electron chi connectivity index (χ0n) is 7.06. The van der Waals surface area contributed by atoms with Gasteiger partial charge < -0.3 is 4.52 Å². The fraction of sp³-hybridized carbons (Fsp3) is 0.250. The summed E-state index contributed by atoms with van der Waals surface area (Å²) < 4.78 is 16.9. The highest BCUT2D eigenvalue weighted by Gasteiger charge is 2.21. The Balaban J connectivity index is 3.04. The molecule has 0 bridgehead atoms. The van der Waals surface area contributed by atoms with Crippen LogP contribution in [0, 0.1) is 0 Å². The maximum Gasteiger partial charge on any atom is 0.286 e. The summed E-state index contributed by atoms with van der Waals surface area (Å²) in [6, 6.07) is 9.25. The molecule has 0 spiro atoms. The van der Waals surface area contributed by atoms with Gasteiger partial charge in [-0.3, -0.25) is 4.57 Å². The summed E-state index contributed by atoms with van der Waals surface area (Å²) in [5.41, 5.74) is 0. The Bertz CT molecular complexity index is 278. The van der Waals surface area contributed by atoms with Crippen LogP contribution in [0.4, 0.5) is 0 Å². The van der Waals surface area contributed by atoms with Crippen molar-refractivity contribution in [2.24, 2.45) is 0 Å². The van der Waals surface area contributed by atoms with Gasteiger partial charge in [-0.25, -0.2) is 0 Å². The van der Waals surface area contributed by atoms with Crippen LogP contribution >= 0.6 is 18.0 Å². The lowest BCUT2D eigenvalue weighted by molar-refractivity contribution is 0.418. The predicted octanol–water partition coefficient (Wildman–Crippen LogP) is 2.51. The molecule has 1 aromatic carbocycles. The van der Waals surface area contributed by atoms with Crippen molar-refractivity contribution in [1.29, 1.82) is 0 Å². The fourth-order valence-corrected chi connectivity index (χ4v) is 3.45. The van der Waals surface area contributed by atoms with Gasteiger partial charge in [0.15, 0.2) is 0 Å². The van der Waals surface area contributed by atoms with E-state index in [9.17, 15) is 4.57 Å². The molecule has 1 aromatic rings. The van der Waals surface area contributed by atoms with Gasteiger partial charge in [0.05, 0.1) is 0 Å². The second-order valence-electron chi connectivity index (χ2n) is 2.20. The number of rotatable bonds is 3. The molecule has 0 radical (unpaired) electrons. The second-order valence-corrected chi connectivity index (χ2v) is 6.98. The van der Waals surface area contributed by atoms with Crippen LogP contribution < -0.4 is 5.30 Å². The highest BCUT2D eigenvalue weighted by Crippen LogP contribution is 2.55. The van der Waals surface area contributed by atoms with Gasteiger partial charge in [-0.1, -0.05) is 29.6 Å². The SMILES string of the molecule is COP(=O)(SC)c1ccccc1. The lowest BCUT2D eigenvalue weighted by Crippen LogP contribution is -2.01. The van der Waals surface area contributed by atoms with E-state index in [0.29, 0.717) is 0 Å². The minimum atomic E-state index is -2.62. The average Bonchev–Trinajstić information content (AvgIpc) is 2.18. The van der Waals surface area contributed by atoms with Crippen molar-refractivity contribution in [2.75, 3.05) is 13.4 Å². The van der Waals surface area contributed by atoms with E-state index in [1.54, 1.807) is 6.26 Å². The Labute approximate surface area is 76.5 Å². The van der Waals surface area contributed by atoms with Gasteiger partial charge in [0.1, 0.15) is 0 Å². The Morgan fingerprint density at radius 1 is 1.33 bits per heavy atom. The molecule has 0 saturated carbocycles. The largest absolute Gasteiger partial charge is 0.321 e. The van der Waals surface area contributed by atoms with Crippen LogP contribution in [-0.4, -0.2) is 13.4 Å². The van der Waals surface area contributed by atoms with E-state index in [4.69, 9.17) is 4.52 Å². The zero-order valence-corrected chi connectivity index (χ0v) is 8.77. The Morgan fingerprint density at radius 3 is 2.33 bits per heavy atom. The predicted molar refractivity (Wildman–Crippen MR) is 54.2 cm³/mol. The summed E-state index contributed by atoms with van der Waals surface area (Å²) in [5, 5.41) is 0.764. The summed E-state index contributed by atoms with van der Waals surface area (Å²) in [6.45, 7) is -2.62. The van der Waals surface area contributed by atoms with Gasteiger partial charge in [0.2, 0.25) is 0 Å². The molecule has 66 valence electrons. The molecule has 0 fully saturated rings. The van der Waals surface area contributed by atoms with Crippen LogP contribution in [0.3, 0.4) is 0 Å². The Kier molecular flexibility index (Phi) is 3.39. The van der Waals surface area contributed by atoms with Crippen molar-refractivity contribution in [2.45, 2.75) is 0 Å². The molecule has 0 aliphatic rings. The molecule has 4 heteroatoms. The van der Waals surface area contributed by atoms with Crippen molar-refractivity contribution in [3.8, 4) is 0 Å². The first kappa shape index (κ1) is 9.85. The van der Waals surface area contributed by atoms with Crippen molar-refractivity contribution in [3.05, 3.63) is 30.3 Å². The van der Waals surface area contributed by atoms with Crippen LogP contribution in [0.2, 0.25) is 0 Å². The van der Waals surface area contributed by atoms with E-state index < -0.39 is 6.57 Å². The smallest absolute Gasteiger partial charge is 0.286 e. The maximum atomic E-state index is 11.9.